The highest BCUT2D eigenvalue weighted by Crippen LogP contribution is 2.25. The standard InChI is InChI=1S/C20H26N6O/c1-13(2)17-12-22-26-18(17)24-20(27-16-9-10-21-11-16)25-19(26)23-14(3)15-7-5-4-6-8-15/h4-8,12-14,16,21H,9-11H2,1-3H3,(H,23,24,25)/t14-,16-/m0/s1. The van der Waals surface area contributed by atoms with E-state index in [9.17, 15) is 0 Å². The Morgan fingerprint density at radius 2 is 2.00 bits per heavy atom. The molecule has 0 unspecified atom stereocenters. The van der Waals surface area contributed by atoms with Gasteiger partial charge in [0.25, 0.3) is 0 Å². The average molecular weight is 366 g/mol. The molecule has 4 rings (SSSR count). The highest BCUT2D eigenvalue weighted by molar-refractivity contribution is 5.53. The topological polar surface area (TPSA) is 76.4 Å². The van der Waals surface area contributed by atoms with E-state index in [-0.39, 0.29) is 12.1 Å². The highest BCUT2D eigenvalue weighted by Gasteiger charge is 2.21. The van der Waals surface area contributed by atoms with E-state index >= 15 is 0 Å². The summed E-state index contributed by atoms with van der Waals surface area (Å²) < 4.78 is 7.82. The molecule has 0 aliphatic carbocycles. The largest absolute Gasteiger partial charge is 0.459 e. The molecular weight excluding hydrogens is 340 g/mol. The van der Waals surface area contributed by atoms with Crippen molar-refractivity contribution in [2.75, 3.05) is 18.4 Å². The summed E-state index contributed by atoms with van der Waals surface area (Å²) in [6.07, 6.45) is 2.94. The Bertz CT molecular complexity index is 901. The summed E-state index contributed by atoms with van der Waals surface area (Å²) in [6.45, 7) is 8.18. The van der Waals surface area contributed by atoms with Crippen LogP contribution in [-0.4, -0.2) is 38.8 Å². The van der Waals surface area contributed by atoms with Crippen LogP contribution in [0, 0.1) is 0 Å². The zero-order valence-corrected chi connectivity index (χ0v) is 16.0. The van der Waals surface area contributed by atoms with Gasteiger partial charge in [0.1, 0.15) is 6.10 Å². The lowest BCUT2D eigenvalue weighted by molar-refractivity contribution is 0.204. The van der Waals surface area contributed by atoms with Crippen LogP contribution >= 0.6 is 0 Å². The Kier molecular flexibility index (Phi) is 4.94. The molecule has 3 aromatic rings. The van der Waals surface area contributed by atoms with Gasteiger partial charge in [-0.1, -0.05) is 44.2 Å². The van der Waals surface area contributed by atoms with Crippen LogP contribution in [0.4, 0.5) is 5.95 Å². The molecule has 3 heterocycles. The number of fused-ring (bicyclic) bond motifs is 1. The van der Waals surface area contributed by atoms with Crippen LogP contribution in [0.3, 0.4) is 0 Å². The lowest BCUT2D eigenvalue weighted by Crippen LogP contribution is -2.22. The van der Waals surface area contributed by atoms with E-state index in [4.69, 9.17) is 4.74 Å². The summed E-state index contributed by atoms with van der Waals surface area (Å²) in [5, 5.41) is 11.3. The number of benzene rings is 1. The second-order valence-electron chi connectivity index (χ2n) is 7.33. The highest BCUT2D eigenvalue weighted by atomic mass is 16.5. The Labute approximate surface area is 159 Å². The molecule has 0 bridgehead atoms. The van der Waals surface area contributed by atoms with Gasteiger partial charge in [-0.25, -0.2) is 0 Å². The number of anilines is 1. The molecule has 2 atom stereocenters. The number of aromatic nitrogens is 4. The van der Waals surface area contributed by atoms with Crippen molar-refractivity contribution in [1.29, 1.82) is 0 Å². The molecule has 0 radical (unpaired) electrons. The monoisotopic (exact) mass is 366 g/mol. The predicted octanol–water partition coefficient (Wildman–Crippen LogP) is 3.16. The van der Waals surface area contributed by atoms with Gasteiger partial charge in [0.2, 0.25) is 5.95 Å². The van der Waals surface area contributed by atoms with E-state index in [0.717, 1.165) is 30.7 Å². The van der Waals surface area contributed by atoms with Crippen molar-refractivity contribution in [1.82, 2.24) is 24.9 Å². The van der Waals surface area contributed by atoms with Crippen LogP contribution in [-0.2, 0) is 0 Å². The van der Waals surface area contributed by atoms with Crippen molar-refractivity contribution in [3.05, 3.63) is 47.7 Å². The minimum Gasteiger partial charge on any atom is -0.459 e. The van der Waals surface area contributed by atoms with Gasteiger partial charge in [0.05, 0.1) is 12.2 Å². The lowest BCUT2D eigenvalue weighted by Gasteiger charge is -2.17. The van der Waals surface area contributed by atoms with Crippen molar-refractivity contribution in [2.45, 2.75) is 45.3 Å². The van der Waals surface area contributed by atoms with E-state index in [0.29, 0.717) is 17.9 Å². The first-order valence-electron chi connectivity index (χ1n) is 9.56. The third kappa shape index (κ3) is 3.73. The van der Waals surface area contributed by atoms with Crippen LogP contribution in [0.2, 0.25) is 0 Å². The Hall–Kier alpha value is -2.67. The van der Waals surface area contributed by atoms with Gasteiger partial charge in [0, 0.05) is 12.1 Å². The Morgan fingerprint density at radius 1 is 1.19 bits per heavy atom. The summed E-state index contributed by atoms with van der Waals surface area (Å²) in [5.41, 5.74) is 3.06. The van der Waals surface area contributed by atoms with Crippen LogP contribution in [0.1, 0.15) is 50.3 Å². The molecule has 7 nitrogen and oxygen atoms in total. The number of rotatable bonds is 6. The minimum absolute atomic E-state index is 0.0806. The summed E-state index contributed by atoms with van der Waals surface area (Å²) in [7, 11) is 0. The summed E-state index contributed by atoms with van der Waals surface area (Å²) >= 11 is 0. The first kappa shape index (κ1) is 17.7. The second kappa shape index (κ2) is 7.52. The van der Waals surface area contributed by atoms with Crippen LogP contribution < -0.4 is 15.4 Å². The average Bonchev–Trinajstić information content (AvgIpc) is 3.32. The SMILES string of the molecule is CC(C)c1cnn2c(N[C@@H](C)c3ccccc3)nc(O[C@H]3CCNC3)nc12. The Morgan fingerprint density at radius 3 is 2.70 bits per heavy atom. The van der Waals surface area contributed by atoms with E-state index in [1.54, 1.807) is 4.52 Å². The van der Waals surface area contributed by atoms with Crippen molar-refractivity contribution >= 4 is 11.6 Å². The van der Waals surface area contributed by atoms with Gasteiger partial charge >= 0.3 is 6.01 Å². The van der Waals surface area contributed by atoms with E-state index < -0.39 is 0 Å². The molecule has 1 fully saturated rings. The van der Waals surface area contributed by atoms with E-state index in [1.165, 1.54) is 5.56 Å². The quantitative estimate of drug-likeness (QED) is 0.698. The molecule has 0 saturated carbocycles. The van der Waals surface area contributed by atoms with Gasteiger partial charge in [-0.05, 0) is 31.4 Å². The smallest absolute Gasteiger partial charge is 0.322 e. The maximum Gasteiger partial charge on any atom is 0.322 e. The van der Waals surface area contributed by atoms with Gasteiger partial charge in [-0.3, -0.25) is 0 Å². The summed E-state index contributed by atoms with van der Waals surface area (Å²) in [4.78, 5) is 9.29. The first-order chi connectivity index (χ1) is 13.1. The molecule has 142 valence electrons. The van der Waals surface area contributed by atoms with Crippen molar-refractivity contribution in [3.63, 3.8) is 0 Å². The molecule has 7 heteroatoms. The molecule has 1 aromatic carbocycles. The van der Waals surface area contributed by atoms with Crippen molar-refractivity contribution in [3.8, 4) is 6.01 Å². The fraction of sp³-hybridized carbons (Fsp3) is 0.450. The van der Waals surface area contributed by atoms with Crippen LogP contribution in [0.15, 0.2) is 36.5 Å². The normalized spacial score (nSPS) is 18.1. The van der Waals surface area contributed by atoms with Crippen LogP contribution in [0.25, 0.3) is 5.65 Å². The fourth-order valence-corrected chi connectivity index (χ4v) is 3.33. The second-order valence-corrected chi connectivity index (χ2v) is 7.33. The zero-order chi connectivity index (χ0) is 18.8. The minimum atomic E-state index is 0.0806. The lowest BCUT2D eigenvalue weighted by atomic mass is 10.1. The molecule has 1 aliphatic heterocycles. The van der Waals surface area contributed by atoms with Gasteiger partial charge < -0.3 is 15.4 Å². The molecule has 2 aromatic heterocycles. The van der Waals surface area contributed by atoms with Gasteiger partial charge in [-0.2, -0.15) is 19.6 Å². The number of hydrogen-bond acceptors (Lipinski definition) is 6. The number of ether oxygens (including phenoxy) is 1. The molecule has 1 saturated heterocycles. The van der Waals surface area contributed by atoms with Gasteiger partial charge in [-0.15, -0.1) is 0 Å². The zero-order valence-electron chi connectivity index (χ0n) is 16.0. The Balaban J connectivity index is 1.70. The molecule has 27 heavy (non-hydrogen) atoms. The van der Waals surface area contributed by atoms with Gasteiger partial charge in [0.15, 0.2) is 5.65 Å². The third-order valence-electron chi connectivity index (χ3n) is 4.93. The summed E-state index contributed by atoms with van der Waals surface area (Å²) in [6, 6.07) is 10.8. The molecule has 2 N–H and O–H groups in total. The van der Waals surface area contributed by atoms with E-state index in [2.05, 4.69) is 58.6 Å². The molecule has 0 spiro atoms. The maximum absolute atomic E-state index is 6.05. The predicted molar refractivity (Wildman–Crippen MR) is 105 cm³/mol. The summed E-state index contributed by atoms with van der Waals surface area (Å²) in [5.74, 6) is 0.960. The maximum atomic E-state index is 6.05. The van der Waals surface area contributed by atoms with Crippen LogP contribution in [0.5, 0.6) is 6.01 Å². The molecule has 0 amide bonds. The molecule has 1 aliphatic rings. The number of nitrogens with one attached hydrogen (secondary N) is 2. The number of hydrogen-bond donors (Lipinski definition) is 2. The molecular formula is C20H26N6O. The third-order valence-corrected chi connectivity index (χ3v) is 4.93. The first-order valence-corrected chi connectivity index (χ1v) is 9.56. The van der Waals surface area contributed by atoms with E-state index in [1.807, 2.05) is 24.4 Å². The fourth-order valence-electron chi connectivity index (χ4n) is 3.33. The van der Waals surface area contributed by atoms with Crippen molar-refractivity contribution < 1.29 is 4.74 Å². The number of nitrogens with zero attached hydrogens (tertiary/aromatic N) is 4. The van der Waals surface area contributed by atoms with Crippen molar-refractivity contribution in [2.24, 2.45) is 0 Å².